The predicted octanol–water partition coefficient (Wildman–Crippen LogP) is 5.81. The van der Waals surface area contributed by atoms with Gasteiger partial charge in [0.25, 0.3) is 0 Å². The number of halogens is 6. The first-order chi connectivity index (χ1) is 18.0. The Bertz CT molecular complexity index is 1700. The van der Waals surface area contributed by atoms with Gasteiger partial charge >= 0.3 is 12.7 Å². The molecule has 0 amide bonds. The molecule has 5 aromatic rings. The van der Waals surface area contributed by atoms with Crippen molar-refractivity contribution in [2.24, 2.45) is 0 Å². The van der Waals surface area contributed by atoms with E-state index in [0.717, 1.165) is 35.1 Å². The van der Waals surface area contributed by atoms with Gasteiger partial charge in [0.1, 0.15) is 11.5 Å². The lowest BCUT2D eigenvalue weighted by Gasteiger charge is -2.12. The molecule has 0 aliphatic rings. The van der Waals surface area contributed by atoms with Gasteiger partial charge < -0.3 is 0 Å². The van der Waals surface area contributed by atoms with Crippen molar-refractivity contribution in [3.05, 3.63) is 100 Å². The average Bonchev–Trinajstić information content (AvgIpc) is 3.52. The van der Waals surface area contributed by atoms with Crippen molar-refractivity contribution in [1.82, 2.24) is 29.3 Å². The fraction of sp³-hybridized carbons (Fsp3) is 0.120. The highest BCUT2D eigenvalue weighted by Crippen LogP contribution is 2.31. The van der Waals surface area contributed by atoms with E-state index in [1.165, 1.54) is 47.4 Å². The molecule has 0 atom stereocenters. The molecule has 0 bridgehead atoms. The number of rotatable bonds is 5. The first kappa shape index (κ1) is 25.0. The van der Waals surface area contributed by atoms with E-state index >= 15 is 4.39 Å². The lowest BCUT2D eigenvalue weighted by molar-refractivity contribution is -0.137. The minimum absolute atomic E-state index is 0.0550. The van der Waals surface area contributed by atoms with E-state index in [0.29, 0.717) is 10.4 Å². The van der Waals surface area contributed by atoms with Gasteiger partial charge in [-0.2, -0.15) is 37.2 Å². The van der Waals surface area contributed by atoms with Crippen molar-refractivity contribution in [2.45, 2.75) is 19.6 Å². The molecule has 7 nitrogen and oxygen atoms in total. The Hall–Kier alpha value is -4.68. The summed E-state index contributed by atoms with van der Waals surface area (Å²) in [5, 5.41) is 12.0. The van der Waals surface area contributed by atoms with Gasteiger partial charge in [0.05, 0.1) is 28.8 Å². The third-order valence-corrected chi connectivity index (χ3v) is 5.63. The second-order valence-electron chi connectivity index (χ2n) is 8.26. The van der Waals surface area contributed by atoms with Crippen LogP contribution in [0.4, 0.5) is 26.3 Å². The molecule has 0 radical (unpaired) electrons. The van der Waals surface area contributed by atoms with Gasteiger partial charge in [-0.3, -0.25) is 4.79 Å². The minimum Gasteiger partial charge on any atom is -0.287 e. The van der Waals surface area contributed by atoms with Crippen molar-refractivity contribution in [1.29, 1.82) is 0 Å². The zero-order chi connectivity index (χ0) is 27.2. The van der Waals surface area contributed by atoms with Crippen LogP contribution in [0.2, 0.25) is 0 Å². The van der Waals surface area contributed by atoms with Gasteiger partial charge in [-0.15, -0.1) is 0 Å². The number of hydrogen-bond acceptors (Lipinski definition) is 4. The van der Waals surface area contributed by atoms with Crippen LogP contribution in [0.25, 0.3) is 33.9 Å². The normalized spacial score (nSPS) is 11.9. The zero-order valence-electron chi connectivity index (χ0n) is 19.4. The Morgan fingerprint density at radius 3 is 2.42 bits per heavy atom. The van der Waals surface area contributed by atoms with E-state index in [4.69, 9.17) is 0 Å². The van der Waals surface area contributed by atoms with Crippen molar-refractivity contribution < 1.29 is 26.3 Å². The number of hydrogen-bond donors (Lipinski definition) is 0. The topological polar surface area (TPSA) is 70.5 Å². The first-order valence-corrected chi connectivity index (χ1v) is 11.0. The summed E-state index contributed by atoms with van der Waals surface area (Å²) in [4.78, 5) is 12.7. The Morgan fingerprint density at radius 1 is 0.947 bits per heavy atom. The van der Waals surface area contributed by atoms with Gasteiger partial charge in [0, 0.05) is 24.0 Å². The Balaban J connectivity index is 1.56. The molecule has 0 saturated carbocycles. The van der Waals surface area contributed by atoms with E-state index in [-0.39, 0.29) is 33.9 Å². The summed E-state index contributed by atoms with van der Waals surface area (Å²) in [5.74, 6) is -0.767. The summed E-state index contributed by atoms with van der Waals surface area (Å²) in [5.41, 5.74) is -0.557. The molecule has 2 aromatic carbocycles. The molecule has 0 fully saturated rings. The van der Waals surface area contributed by atoms with Gasteiger partial charge in [-0.1, -0.05) is 12.1 Å². The summed E-state index contributed by atoms with van der Waals surface area (Å²) >= 11 is 0. The van der Waals surface area contributed by atoms with Crippen LogP contribution < -0.4 is 5.43 Å². The fourth-order valence-corrected chi connectivity index (χ4v) is 3.86. The number of benzene rings is 2. The molecule has 0 saturated heterocycles. The van der Waals surface area contributed by atoms with Crippen molar-refractivity contribution >= 4 is 0 Å². The standard InChI is InChI=1S/C25H16F6N6O/c1-14-9-21(37(33-14)18-4-2-3-17(11-18)25(29,30)31)23-22(38)7-8-35(34-23)20-6-5-15(10-19(20)26)16-12-32-36(13-16)24(27)28/h2-13,24H,1H3. The lowest BCUT2D eigenvalue weighted by Crippen LogP contribution is -2.15. The molecule has 194 valence electrons. The highest BCUT2D eigenvalue weighted by atomic mass is 19.4. The third-order valence-electron chi connectivity index (χ3n) is 5.63. The van der Waals surface area contributed by atoms with Crippen LogP contribution in [0.1, 0.15) is 17.8 Å². The molecule has 0 N–H and O–H groups in total. The number of nitrogens with zero attached hydrogens (tertiary/aromatic N) is 6. The molecule has 3 heterocycles. The van der Waals surface area contributed by atoms with Crippen LogP contribution in [-0.4, -0.2) is 29.3 Å². The van der Waals surface area contributed by atoms with Crippen LogP contribution in [-0.2, 0) is 6.18 Å². The van der Waals surface area contributed by atoms with Crippen LogP contribution in [0.3, 0.4) is 0 Å². The Morgan fingerprint density at radius 2 is 1.74 bits per heavy atom. The maximum absolute atomic E-state index is 15.1. The van der Waals surface area contributed by atoms with E-state index in [2.05, 4.69) is 15.3 Å². The molecule has 0 aliphatic heterocycles. The molecule has 0 unspecified atom stereocenters. The van der Waals surface area contributed by atoms with Gasteiger partial charge in [-0.05, 0) is 48.9 Å². The second kappa shape index (κ2) is 9.32. The smallest absolute Gasteiger partial charge is 0.287 e. The zero-order valence-corrected chi connectivity index (χ0v) is 19.4. The van der Waals surface area contributed by atoms with Crippen molar-refractivity contribution in [3.8, 4) is 33.9 Å². The number of aromatic nitrogens is 6. The number of alkyl halides is 5. The molecule has 5 rings (SSSR count). The maximum Gasteiger partial charge on any atom is 0.416 e. The molecule has 38 heavy (non-hydrogen) atoms. The molecule has 3 aromatic heterocycles. The molecular weight excluding hydrogens is 514 g/mol. The first-order valence-electron chi connectivity index (χ1n) is 11.0. The maximum atomic E-state index is 15.1. The van der Waals surface area contributed by atoms with Crippen molar-refractivity contribution in [3.63, 3.8) is 0 Å². The molecular formula is C25H16F6N6O. The summed E-state index contributed by atoms with van der Waals surface area (Å²) in [7, 11) is 0. The van der Waals surface area contributed by atoms with E-state index in [1.807, 2.05) is 0 Å². The predicted molar refractivity (Wildman–Crippen MR) is 125 cm³/mol. The van der Waals surface area contributed by atoms with Crippen molar-refractivity contribution in [2.75, 3.05) is 0 Å². The highest BCUT2D eigenvalue weighted by molar-refractivity contribution is 5.64. The van der Waals surface area contributed by atoms with Crippen LogP contribution in [0.5, 0.6) is 0 Å². The van der Waals surface area contributed by atoms with Gasteiger partial charge in [-0.25, -0.2) is 18.4 Å². The SMILES string of the molecule is Cc1cc(-c2nn(-c3ccc(-c4cnn(C(F)F)c4)cc3F)ccc2=O)n(-c2cccc(C(F)(F)F)c2)n1. The average molecular weight is 530 g/mol. The molecule has 13 heteroatoms. The molecule has 0 spiro atoms. The number of aryl methyl sites for hydroxylation is 1. The fourth-order valence-electron chi connectivity index (χ4n) is 3.86. The molecule has 0 aliphatic carbocycles. The highest BCUT2D eigenvalue weighted by Gasteiger charge is 2.31. The van der Waals surface area contributed by atoms with E-state index in [1.54, 1.807) is 6.92 Å². The van der Waals surface area contributed by atoms with Gasteiger partial charge in [0.15, 0.2) is 5.69 Å². The largest absolute Gasteiger partial charge is 0.416 e. The van der Waals surface area contributed by atoms with Gasteiger partial charge in [0.2, 0.25) is 5.43 Å². The van der Waals surface area contributed by atoms with Crippen LogP contribution in [0, 0.1) is 12.7 Å². The summed E-state index contributed by atoms with van der Waals surface area (Å²) in [6, 6.07) is 11.0. The third kappa shape index (κ3) is 4.69. The summed E-state index contributed by atoms with van der Waals surface area (Å²) < 4.78 is 83.2. The Labute approximate surface area is 210 Å². The quantitative estimate of drug-likeness (QED) is 0.269. The van der Waals surface area contributed by atoms with E-state index in [9.17, 15) is 26.7 Å². The lowest BCUT2D eigenvalue weighted by atomic mass is 10.1. The van der Waals surface area contributed by atoms with E-state index < -0.39 is 29.5 Å². The van der Waals surface area contributed by atoms with Crippen LogP contribution in [0.15, 0.2) is 78.0 Å². The summed E-state index contributed by atoms with van der Waals surface area (Å²) in [6.45, 7) is -1.24. The minimum atomic E-state index is -4.59. The van der Waals surface area contributed by atoms with Crippen LogP contribution >= 0.6 is 0 Å². The monoisotopic (exact) mass is 530 g/mol. The summed E-state index contributed by atoms with van der Waals surface area (Å²) in [6.07, 6.45) is -1.10. The Kier molecular flexibility index (Phi) is 6.13. The second-order valence-corrected chi connectivity index (χ2v) is 8.26.